The molecule has 0 spiro atoms. The molecule has 0 amide bonds. The van der Waals surface area contributed by atoms with Gasteiger partial charge in [0.25, 0.3) is 0 Å². The Kier molecular flexibility index (Phi) is 5.63. The highest BCUT2D eigenvalue weighted by Crippen LogP contribution is 2.44. The van der Waals surface area contributed by atoms with Gasteiger partial charge in [-0.1, -0.05) is 25.6 Å². The van der Waals surface area contributed by atoms with Crippen LogP contribution < -0.4 is 14.8 Å². The summed E-state index contributed by atoms with van der Waals surface area (Å²) in [4.78, 5) is 17.1. The molecule has 1 aromatic carbocycles. The zero-order chi connectivity index (χ0) is 19.4. The van der Waals surface area contributed by atoms with Gasteiger partial charge >= 0.3 is 5.97 Å². The standard InChI is InChI=1S/C19H24N4O4/c1-5-10-27-18(24)15-12(3)22-19-20-11-21-23(19)16(15)13-8-7-9-14(25-4)17(13)26-6-2/h7-9,11,15-16H,3,5-6,10H2,1-2,4H3,(H,20,21,22)/t15-,16+/m0/s1. The second-order valence-corrected chi connectivity index (χ2v) is 6.08. The van der Waals surface area contributed by atoms with E-state index in [-0.39, 0.29) is 5.97 Å². The van der Waals surface area contributed by atoms with Gasteiger partial charge in [-0.25, -0.2) is 4.68 Å². The molecule has 0 bridgehead atoms. The summed E-state index contributed by atoms with van der Waals surface area (Å²) >= 11 is 0. The third kappa shape index (κ3) is 3.47. The Balaban J connectivity index is 2.14. The Morgan fingerprint density at radius 3 is 2.89 bits per heavy atom. The smallest absolute Gasteiger partial charge is 0.317 e. The molecule has 0 saturated heterocycles. The number of esters is 1. The maximum atomic E-state index is 12.8. The van der Waals surface area contributed by atoms with Crippen LogP contribution in [0.2, 0.25) is 0 Å². The van der Waals surface area contributed by atoms with Crippen molar-refractivity contribution in [3.63, 3.8) is 0 Å². The van der Waals surface area contributed by atoms with Crippen molar-refractivity contribution in [2.75, 3.05) is 25.6 Å². The Morgan fingerprint density at radius 2 is 2.19 bits per heavy atom. The van der Waals surface area contributed by atoms with E-state index >= 15 is 0 Å². The number of nitrogens with zero attached hydrogens (tertiary/aromatic N) is 3. The number of fused-ring (bicyclic) bond motifs is 1. The molecule has 0 unspecified atom stereocenters. The van der Waals surface area contributed by atoms with Crippen LogP contribution in [0.15, 0.2) is 36.8 Å². The summed E-state index contributed by atoms with van der Waals surface area (Å²) in [6.45, 7) is 8.67. The molecule has 144 valence electrons. The first-order valence-corrected chi connectivity index (χ1v) is 8.94. The van der Waals surface area contributed by atoms with Crippen molar-refractivity contribution in [3.8, 4) is 11.5 Å². The lowest BCUT2D eigenvalue weighted by Gasteiger charge is -2.34. The lowest BCUT2D eigenvalue weighted by atomic mass is 9.88. The molecule has 3 rings (SSSR count). The molecule has 8 nitrogen and oxygen atoms in total. The summed E-state index contributed by atoms with van der Waals surface area (Å²) in [7, 11) is 1.58. The molecule has 1 aliphatic rings. The second kappa shape index (κ2) is 8.11. The number of carbonyl (C=O) groups is 1. The summed E-state index contributed by atoms with van der Waals surface area (Å²) in [6.07, 6.45) is 2.17. The number of benzene rings is 1. The van der Waals surface area contributed by atoms with Gasteiger partial charge in [0.15, 0.2) is 11.5 Å². The number of aromatic nitrogens is 3. The van der Waals surface area contributed by atoms with E-state index in [0.29, 0.717) is 36.4 Å². The van der Waals surface area contributed by atoms with Gasteiger partial charge in [0, 0.05) is 11.3 Å². The van der Waals surface area contributed by atoms with Gasteiger partial charge in [-0.3, -0.25) is 4.79 Å². The fourth-order valence-corrected chi connectivity index (χ4v) is 3.20. The first kappa shape index (κ1) is 18.8. The van der Waals surface area contributed by atoms with E-state index < -0.39 is 12.0 Å². The van der Waals surface area contributed by atoms with Gasteiger partial charge in [0.2, 0.25) is 5.95 Å². The van der Waals surface area contributed by atoms with Gasteiger partial charge in [0.1, 0.15) is 18.3 Å². The van der Waals surface area contributed by atoms with E-state index in [0.717, 1.165) is 12.0 Å². The number of methoxy groups -OCH3 is 1. The van der Waals surface area contributed by atoms with Crippen LogP contribution in [0.5, 0.6) is 11.5 Å². The van der Waals surface area contributed by atoms with E-state index in [2.05, 4.69) is 22.0 Å². The van der Waals surface area contributed by atoms with Crippen molar-refractivity contribution in [2.45, 2.75) is 26.3 Å². The molecule has 1 aliphatic heterocycles. The molecule has 0 radical (unpaired) electrons. The van der Waals surface area contributed by atoms with Crippen LogP contribution in [0, 0.1) is 5.92 Å². The number of nitrogens with one attached hydrogen (secondary N) is 1. The van der Waals surface area contributed by atoms with Gasteiger partial charge in [0.05, 0.1) is 20.3 Å². The molecule has 0 fully saturated rings. The molecule has 2 atom stereocenters. The van der Waals surface area contributed by atoms with Crippen molar-refractivity contribution in [1.29, 1.82) is 0 Å². The van der Waals surface area contributed by atoms with Crippen LogP contribution in [0.1, 0.15) is 31.9 Å². The number of para-hydroxylation sites is 1. The van der Waals surface area contributed by atoms with E-state index in [1.165, 1.54) is 6.33 Å². The van der Waals surface area contributed by atoms with E-state index in [1.54, 1.807) is 11.8 Å². The summed E-state index contributed by atoms with van der Waals surface area (Å²) in [5.74, 6) is 0.607. The minimum Gasteiger partial charge on any atom is -0.493 e. The predicted octanol–water partition coefficient (Wildman–Crippen LogP) is 2.78. The van der Waals surface area contributed by atoms with E-state index in [1.807, 2.05) is 32.0 Å². The first-order chi connectivity index (χ1) is 13.1. The number of hydrogen-bond donors (Lipinski definition) is 1. The van der Waals surface area contributed by atoms with Gasteiger partial charge in [-0.2, -0.15) is 10.1 Å². The monoisotopic (exact) mass is 372 g/mol. The normalized spacial score (nSPS) is 18.4. The van der Waals surface area contributed by atoms with E-state index in [9.17, 15) is 4.79 Å². The minimum atomic E-state index is -0.683. The number of hydrogen-bond acceptors (Lipinski definition) is 7. The number of anilines is 1. The van der Waals surface area contributed by atoms with Crippen molar-refractivity contribution >= 4 is 11.9 Å². The van der Waals surface area contributed by atoms with Crippen LogP contribution in [-0.2, 0) is 9.53 Å². The highest BCUT2D eigenvalue weighted by atomic mass is 16.5. The third-order valence-corrected chi connectivity index (χ3v) is 4.34. The maximum Gasteiger partial charge on any atom is 0.317 e. The molecule has 27 heavy (non-hydrogen) atoms. The van der Waals surface area contributed by atoms with E-state index in [4.69, 9.17) is 14.2 Å². The number of ether oxygens (including phenoxy) is 3. The van der Waals surface area contributed by atoms with Gasteiger partial charge in [-0.05, 0) is 19.4 Å². The van der Waals surface area contributed by atoms with Gasteiger partial charge in [-0.15, -0.1) is 0 Å². The summed E-state index contributed by atoms with van der Waals surface area (Å²) in [6, 6.07) is 5.04. The quantitative estimate of drug-likeness (QED) is 0.748. The lowest BCUT2D eigenvalue weighted by molar-refractivity contribution is -0.148. The average molecular weight is 372 g/mol. The molecule has 2 aromatic rings. The topological polar surface area (TPSA) is 87.5 Å². The largest absolute Gasteiger partial charge is 0.493 e. The first-order valence-electron chi connectivity index (χ1n) is 8.94. The highest BCUT2D eigenvalue weighted by molar-refractivity contribution is 5.79. The van der Waals surface area contributed by atoms with Gasteiger partial charge < -0.3 is 19.5 Å². The van der Waals surface area contributed by atoms with Crippen molar-refractivity contribution in [2.24, 2.45) is 5.92 Å². The molecule has 0 saturated carbocycles. The molecule has 8 heteroatoms. The Morgan fingerprint density at radius 1 is 1.37 bits per heavy atom. The zero-order valence-corrected chi connectivity index (χ0v) is 15.8. The van der Waals surface area contributed by atoms with Crippen LogP contribution in [-0.4, -0.2) is 41.1 Å². The molecular formula is C19H24N4O4. The Hall–Kier alpha value is -3.03. The molecule has 2 heterocycles. The number of carbonyl (C=O) groups excluding carboxylic acids is 1. The SMILES string of the molecule is C=C1Nc2ncnn2[C@H](c2cccc(OC)c2OCC)[C@H]1C(=O)OCCC. The molecular weight excluding hydrogens is 348 g/mol. The van der Waals surface area contributed by atoms with Crippen LogP contribution in [0.25, 0.3) is 0 Å². The fraction of sp³-hybridized carbons (Fsp3) is 0.421. The molecule has 1 aromatic heterocycles. The fourth-order valence-electron chi connectivity index (χ4n) is 3.20. The summed E-state index contributed by atoms with van der Waals surface area (Å²) < 4.78 is 18.4. The van der Waals surface area contributed by atoms with Crippen molar-refractivity contribution < 1.29 is 19.0 Å². The minimum absolute atomic E-state index is 0.343. The van der Waals surface area contributed by atoms with Crippen LogP contribution >= 0.6 is 0 Å². The Bertz CT molecular complexity index is 833. The third-order valence-electron chi connectivity index (χ3n) is 4.34. The van der Waals surface area contributed by atoms with Crippen molar-refractivity contribution in [3.05, 3.63) is 42.4 Å². The molecule has 0 aliphatic carbocycles. The maximum absolute atomic E-state index is 12.8. The summed E-state index contributed by atoms with van der Waals surface area (Å²) in [5.41, 5.74) is 1.26. The number of rotatable bonds is 7. The van der Waals surface area contributed by atoms with Crippen LogP contribution in [0.4, 0.5) is 5.95 Å². The Labute approximate surface area is 158 Å². The molecule has 1 N–H and O–H groups in total. The zero-order valence-electron chi connectivity index (χ0n) is 15.8. The lowest BCUT2D eigenvalue weighted by Crippen LogP contribution is -2.38. The second-order valence-electron chi connectivity index (χ2n) is 6.08. The average Bonchev–Trinajstić information content (AvgIpc) is 3.13. The van der Waals surface area contributed by atoms with Crippen molar-refractivity contribution in [1.82, 2.24) is 14.8 Å². The van der Waals surface area contributed by atoms with Crippen LogP contribution in [0.3, 0.4) is 0 Å². The highest BCUT2D eigenvalue weighted by Gasteiger charge is 2.42. The predicted molar refractivity (Wildman–Crippen MR) is 99.8 cm³/mol. The summed E-state index contributed by atoms with van der Waals surface area (Å²) in [5, 5.41) is 7.37.